The van der Waals surface area contributed by atoms with Crippen molar-refractivity contribution in [3.8, 4) is 0 Å². The maximum Gasteiger partial charge on any atom is 0.405 e. The van der Waals surface area contributed by atoms with E-state index >= 15 is 0 Å². The standard InChI is InChI=1S/C10H18F3N3O.ClH/c1-7(9(17)15-6-10(11,12)13)16-4-2-3-8(14)5-16;/h7-8H,2-6,14H2,1H3,(H,15,17);1H. The Morgan fingerprint density at radius 3 is 2.67 bits per heavy atom. The monoisotopic (exact) mass is 289 g/mol. The van der Waals surface area contributed by atoms with Crippen LogP contribution in [-0.4, -0.2) is 48.7 Å². The van der Waals surface area contributed by atoms with Gasteiger partial charge in [0.1, 0.15) is 6.54 Å². The number of carbonyl (C=O) groups is 1. The van der Waals surface area contributed by atoms with Crippen LogP contribution in [0.15, 0.2) is 0 Å². The molecule has 8 heteroatoms. The molecule has 0 aromatic heterocycles. The molecule has 0 aromatic rings. The number of hydrogen-bond donors (Lipinski definition) is 2. The summed E-state index contributed by atoms with van der Waals surface area (Å²) in [6.45, 7) is 1.58. The largest absolute Gasteiger partial charge is 0.405 e. The predicted octanol–water partition coefficient (Wildman–Crippen LogP) is 0.898. The van der Waals surface area contributed by atoms with Crippen LogP contribution in [0, 0.1) is 0 Å². The smallest absolute Gasteiger partial charge is 0.346 e. The van der Waals surface area contributed by atoms with Crippen LogP contribution in [0.5, 0.6) is 0 Å². The average Bonchev–Trinajstić information content (AvgIpc) is 2.24. The van der Waals surface area contributed by atoms with Crippen LogP contribution in [-0.2, 0) is 4.79 Å². The van der Waals surface area contributed by atoms with Crippen molar-refractivity contribution in [3.63, 3.8) is 0 Å². The zero-order chi connectivity index (χ0) is 13.1. The van der Waals surface area contributed by atoms with Crippen molar-refractivity contribution in [2.45, 2.75) is 38.0 Å². The molecule has 108 valence electrons. The molecule has 1 aliphatic rings. The van der Waals surface area contributed by atoms with E-state index in [0.29, 0.717) is 13.1 Å². The lowest BCUT2D eigenvalue weighted by atomic mass is 10.0. The number of alkyl halides is 3. The first-order chi connectivity index (χ1) is 7.79. The van der Waals surface area contributed by atoms with Gasteiger partial charge in [-0.2, -0.15) is 13.2 Å². The molecule has 1 fully saturated rings. The van der Waals surface area contributed by atoms with Gasteiger partial charge in [-0.05, 0) is 26.3 Å². The molecular weight excluding hydrogens is 271 g/mol. The molecule has 2 unspecified atom stereocenters. The number of amides is 1. The Hall–Kier alpha value is -0.530. The van der Waals surface area contributed by atoms with E-state index in [4.69, 9.17) is 5.73 Å². The van der Waals surface area contributed by atoms with Crippen LogP contribution in [0.3, 0.4) is 0 Å². The fraction of sp³-hybridized carbons (Fsp3) is 0.900. The van der Waals surface area contributed by atoms with Crippen LogP contribution in [0.1, 0.15) is 19.8 Å². The molecule has 2 atom stereocenters. The minimum Gasteiger partial charge on any atom is -0.346 e. The van der Waals surface area contributed by atoms with Gasteiger partial charge in [0.25, 0.3) is 0 Å². The first-order valence-corrected chi connectivity index (χ1v) is 5.63. The molecule has 1 heterocycles. The number of hydrogen-bond acceptors (Lipinski definition) is 3. The molecule has 1 amide bonds. The molecule has 0 aliphatic carbocycles. The van der Waals surface area contributed by atoms with Crippen molar-refractivity contribution in [2.75, 3.05) is 19.6 Å². The predicted molar refractivity (Wildman–Crippen MR) is 64.6 cm³/mol. The Morgan fingerprint density at radius 2 is 2.17 bits per heavy atom. The van der Waals surface area contributed by atoms with E-state index in [-0.39, 0.29) is 18.4 Å². The maximum absolute atomic E-state index is 11.9. The lowest BCUT2D eigenvalue weighted by molar-refractivity contribution is -0.141. The van der Waals surface area contributed by atoms with Gasteiger partial charge in [0.05, 0.1) is 6.04 Å². The number of rotatable bonds is 3. The van der Waals surface area contributed by atoms with Gasteiger partial charge < -0.3 is 11.1 Å². The molecular formula is C10H19ClF3N3O. The van der Waals surface area contributed by atoms with Crippen LogP contribution in [0.25, 0.3) is 0 Å². The third-order valence-electron chi connectivity index (χ3n) is 2.88. The van der Waals surface area contributed by atoms with E-state index in [9.17, 15) is 18.0 Å². The first-order valence-electron chi connectivity index (χ1n) is 5.63. The highest BCUT2D eigenvalue weighted by Crippen LogP contribution is 2.14. The van der Waals surface area contributed by atoms with Gasteiger partial charge in [-0.25, -0.2) is 0 Å². The molecule has 0 radical (unpaired) electrons. The second kappa shape index (κ2) is 7.16. The highest BCUT2D eigenvalue weighted by Gasteiger charge is 2.31. The molecule has 18 heavy (non-hydrogen) atoms. The summed E-state index contributed by atoms with van der Waals surface area (Å²) in [5.74, 6) is -0.601. The summed E-state index contributed by atoms with van der Waals surface area (Å²) in [5, 5.41) is 1.89. The number of nitrogens with zero attached hydrogens (tertiary/aromatic N) is 1. The van der Waals surface area contributed by atoms with Gasteiger partial charge in [-0.3, -0.25) is 9.69 Å². The summed E-state index contributed by atoms with van der Waals surface area (Å²) in [4.78, 5) is 13.3. The van der Waals surface area contributed by atoms with Crippen molar-refractivity contribution < 1.29 is 18.0 Å². The summed E-state index contributed by atoms with van der Waals surface area (Å²) in [5.41, 5.74) is 5.75. The van der Waals surface area contributed by atoms with Crippen molar-refractivity contribution in [2.24, 2.45) is 5.73 Å². The highest BCUT2D eigenvalue weighted by molar-refractivity contribution is 5.85. The van der Waals surface area contributed by atoms with Crippen molar-refractivity contribution >= 4 is 18.3 Å². The molecule has 4 nitrogen and oxygen atoms in total. The third-order valence-corrected chi connectivity index (χ3v) is 2.88. The molecule has 3 N–H and O–H groups in total. The van der Waals surface area contributed by atoms with Gasteiger partial charge in [0.15, 0.2) is 0 Å². The first kappa shape index (κ1) is 17.5. The molecule has 0 spiro atoms. The summed E-state index contributed by atoms with van der Waals surface area (Å²) in [6, 6.07) is -0.565. The van der Waals surface area contributed by atoms with E-state index in [1.165, 1.54) is 0 Å². The van der Waals surface area contributed by atoms with Gasteiger partial charge in [-0.15, -0.1) is 12.4 Å². The quantitative estimate of drug-likeness (QED) is 0.811. The minimum absolute atomic E-state index is 0. The molecule has 0 aromatic carbocycles. The van der Waals surface area contributed by atoms with E-state index in [1.54, 1.807) is 6.92 Å². The summed E-state index contributed by atoms with van der Waals surface area (Å²) in [7, 11) is 0. The molecule has 1 saturated heterocycles. The molecule has 1 aliphatic heterocycles. The van der Waals surface area contributed by atoms with E-state index in [1.807, 2.05) is 10.2 Å². The number of nitrogens with one attached hydrogen (secondary N) is 1. The lowest BCUT2D eigenvalue weighted by Gasteiger charge is -2.34. The molecule has 1 rings (SSSR count). The fourth-order valence-corrected chi connectivity index (χ4v) is 1.89. The second-order valence-corrected chi connectivity index (χ2v) is 4.41. The number of likely N-dealkylation sites (tertiary alicyclic amines) is 1. The van der Waals surface area contributed by atoms with Crippen LogP contribution < -0.4 is 11.1 Å². The number of piperidine rings is 1. The van der Waals surface area contributed by atoms with Crippen molar-refractivity contribution in [1.82, 2.24) is 10.2 Å². The number of halogens is 4. The van der Waals surface area contributed by atoms with E-state index in [0.717, 1.165) is 12.8 Å². The maximum atomic E-state index is 11.9. The Kier molecular flexibility index (Phi) is 6.94. The average molecular weight is 290 g/mol. The lowest BCUT2D eigenvalue weighted by Crippen LogP contribution is -2.53. The second-order valence-electron chi connectivity index (χ2n) is 4.41. The van der Waals surface area contributed by atoms with Crippen molar-refractivity contribution in [3.05, 3.63) is 0 Å². The SMILES string of the molecule is CC(C(=O)NCC(F)(F)F)N1CCCC(N)C1.Cl. The topological polar surface area (TPSA) is 58.4 Å². The van der Waals surface area contributed by atoms with Crippen LogP contribution >= 0.6 is 12.4 Å². The van der Waals surface area contributed by atoms with Gasteiger partial charge in [0.2, 0.25) is 5.91 Å². The van der Waals surface area contributed by atoms with E-state index in [2.05, 4.69) is 0 Å². The Labute approximate surface area is 110 Å². The van der Waals surface area contributed by atoms with Gasteiger partial charge >= 0.3 is 6.18 Å². The zero-order valence-electron chi connectivity index (χ0n) is 10.2. The van der Waals surface area contributed by atoms with Gasteiger partial charge in [-0.1, -0.05) is 0 Å². The normalized spacial score (nSPS) is 23.1. The Morgan fingerprint density at radius 1 is 1.56 bits per heavy atom. The zero-order valence-corrected chi connectivity index (χ0v) is 11.0. The van der Waals surface area contributed by atoms with E-state index < -0.39 is 24.7 Å². The summed E-state index contributed by atoms with van der Waals surface area (Å²) >= 11 is 0. The fourth-order valence-electron chi connectivity index (χ4n) is 1.89. The Balaban J connectivity index is 0.00000289. The molecule has 0 saturated carbocycles. The number of nitrogens with two attached hydrogens (primary N) is 1. The van der Waals surface area contributed by atoms with Gasteiger partial charge in [0, 0.05) is 12.6 Å². The Bertz CT molecular complexity index is 276. The van der Waals surface area contributed by atoms with Crippen LogP contribution in [0.4, 0.5) is 13.2 Å². The minimum atomic E-state index is -4.37. The third kappa shape index (κ3) is 5.88. The van der Waals surface area contributed by atoms with Crippen molar-refractivity contribution in [1.29, 1.82) is 0 Å². The van der Waals surface area contributed by atoms with Crippen LogP contribution in [0.2, 0.25) is 0 Å². The highest BCUT2D eigenvalue weighted by atomic mass is 35.5. The summed E-state index contributed by atoms with van der Waals surface area (Å²) in [6.07, 6.45) is -2.60. The number of carbonyl (C=O) groups excluding carboxylic acids is 1. The summed E-state index contributed by atoms with van der Waals surface area (Å²) < 4.78 is 35.8. The molecule has 0 bridgehead atoms.